The molecule has 5 nitrogen and oxygen atoms in total. The van der Waals surface area contributed by atoms with Crippen molar-refractivity contribution in [1.82, 2.24) is 15.1 Å². The monoisotopic (exact) mass is 491 g/mol. The molecule has 3 saturated carbocycles. The molecule has 2 aromatic rings. The van der Waals surface area contributed by atoms with Crippen LogP contribution in [-0.4, -0.2) is 22.2 Å². The van der Waals surface area contributed by atoms with Gasteiger partial charge in [0.1, 0.15) is 12.4 Å². The van der Waals surface area contributed by atoms with Crippen LogP contribution in [0.2, 0.25) is 0 Å². The van der Waals surface area contributed by atoms with Gasteiger partial charge in [-0.3, -0.25) is 4.79 Å². The van der Waals surface area contributed by atoms with E-state index in [1.165, 1.54) is 19.3 Å². The normalized spacial score (nSPS) is 28.0. The standard InChI is InChI=1S/C29H34ClN3O2/c1-16-6-10-24(23(30)11-16)33-27-20-9-5-17(2)12-25(20)35-15-21(27)26(32-33)28(34)31-14-18-7-8-19-13-22(18)29(19,3)4/h5,9-12,16,18-19,22H,6-8,13-15H2,1-4H3,(H,31,34). The van der Waals surface area contributed by atoms with Crippen molar-refractivity contribution in [3.05, 3.63) is 52.2 Å². The van der Waals surface area contributed by atoms with Crippen molar-refractivity contribution in [3.8, 4) is 17.0 Å². The van der Waals surface area contributed by atoms with Crippen molar-refractivity contribution in [3.63, 3.8) is 0 Å². The van der Waals surface area contributed by atoms with Crippen LogP contribution >= 0.6 is 11.6 Å². The zero-order valence-electron chi connectivity index (χ0n) is 21.0. The van der Waals surface area contributed by atoms with Crippen molar-refractivity contribution in [2.75, 3.05) is 6.54 Å². The molecule has 1 amide bonds. The van der Waals surface area contributed by atoms with Crippen LogP contribution in [0.4, 0.5) is 0 Å². The van der Waals surface area contributed by atoms with Crippen molar-refractivity contribution in [2.24, 2.45) is 29.1 Å². The minimum atomic E-state index is -0.122. The van der Waals surface area contributed by atoms with E-state index in [9.17, 15) is 4.79 Å². The maximum Gasteiger partial charge on any atom is 0.272 e. The Labute approximate surface area is 212 Å². The molecule has 4 atom stereocenters. The number of amides is 1. The predicted molar refractivity (Wildman–Crippen MR) is 139 cm³/mol. The Morgan fingerprint density at radius 1 is 1.31 bits per heavy atom. The summed E-state index contributed by atoms with van der Waals surface area (Å²) in [7, 11) is 0. The highest BCUT2D eigenvalue weighted by Gasteiger charge is 2.54. The molecule has 6 heteroatoms. The maximum atomic E-state index is 13.5. The summed E-state index contributed by atoms with van der Waals surface area (Å²) in [5.74, 6) is 3.17. The summed E-state index contributed by atoms with van der Waals surface area (Å²) >= 11 is 6.71. The molecule has 1 N–H and O–H groups in total. The molecular formula is C29H34ClN3O2. The van der Waals surface area contributed by atoms with Gasteiger partial charge in [0.25, 0.3) is 5.91 Å². The summed E-state index contributed by atoms with van der Waals surface area (Å²) in [5.41, 5.74) is 5.49. The van der Waals surface area contributed by atoms with E-state index in [1.807, 2.05) is 10.7 Å². The maximum absolute atomic E-state index is 13.5. The Balaban J connectivity index is 1.34. The Bertz CT molecular complexity index is 1270. The molecule has 5 aliphatic rings. The highest BCUT2D eigenvalue weighted by Crippen LogP contribution is 2.61. The number of aromatic nitrogens is 2. The van der Waals surface area contributed by atoms with Gasteiger partial charge < -0.3 is 10.1 Å². The minimum Gasteiger partial charge on any atom is -0.488 e. The summed E-state index contributed by atoms with van der Waals surface area (Å²) in [6.07, 6.45) is 8.86. The fraction of sp³-hybridized carbons (Fsp3) is 0.517. The van der Waals surface area contributed by atoms with Gasteiger partial charge in [0.2, 0.25) is 0 Å². The third-order valence-electron chi connectivity index (χ3n) is 9.08. The van der Waals surface area contributed by atoms with Crippen molar-refractivity contribution in [2.45, 2.75) is 60.0 Å². The summed E-state index contributed by atoms with van der Waals surface area (Å²) in [5, 5.41) is 8.78. The first-order chi connectivity index (χ1) is 16.7. The highest BCUT2D eigenvalue weighted by molar-refractivity contribution is 6.36. The Morgan fingerprint density at radius 3 is 2.89 bits per heavy atom. The second-order valence-corrected chi connectivity index (χ2v) is 12.0. The van der Waals surface area contributed by atoms with Gasteiger partial charge in [-0.25, -0.2) is 4.68 Å². The molecule has 3 fully saturated rings. The fourth-order valence-electron chi connectivity index (χ4n) is 6.82. The van der Waals surface area contributed by atoms with Crippen LogP contribution in [0.1, 0.15) is 68.1 Å². The van der Waals surface area contributed by atoms with Gasteiger partial charge in [0.05, 0.1) is 16.4 Å². The van der Waals surface area contributed by atoms with Crippen LogP contribution in [0.25, 0.3) is 17.0 Å². The lowest BCUT2D eigenvalue weighted by Crippen LogP contribution is -2.54. The van der Waals surface area contributed by atoms with Gasteiger partial charge in [-0.1, -0.05) is 50.6 Å². The number of allylic oxidation sites excluding steroid dienone is 4. The van der Waals surface area contributed by atoms with E-state index < -0.39 is 0 Å². The lowest BCUT2D eigenvalue weighted by Gasteiger charge is -2.60. The Morgan fingerprint density at radius 2 is 2.14 bits per heavy atom. The molecule has 35 heavy (non-hydrogen) atoms. The fourth-order valence-corrected chi connectivity index (χ4v) is 7.19. The number of hydrogen-bond donors (Lipinski definition) is 1. The summed E-state index contributed by atoms with van der Waals surface area (Å²) in [6.45, 7) is 10.0. The molecule has 7 rings (SSSR count). The van der Waals surface area contributed by atoms with Gasteiger partial charge in [0, 0.05) is 17.7 Å². The van der Waals surface area contributed by atoms with Crippen LogP contribution in [-0.2, 0) is 6.61 Å². The third-order valence-corrected chi connectivity index (χ3v) is 9.40. The molecule has 0 saturated heterocycles. The second kappa shape index (κ2) is 8.26. The number of rotatable bonds is 4. The molecule has 2 heterocycles. The predicted octanol–water partition coefficient (Wildman–Crippen LogP) is 6.56. The van der Waals surface area contributed by atoms with E-state index in [0.29, 0.717) is 47.0 Å². The number of ether oxygens (including phenoxy) is 1. The van der Waals surface area contributed by atoms with Crippen molar-refractivity contribution < 1.29 is 9.53 Å². The molecule has 1 aliphatic heterocycles. The quantitative estimate of drug-likeness (QED) is 0.527. The summed E-state index contributed by atoms with van der Waals surface area (Å²) < 4.78 is 7.98. The van der Waals surface area contributed by atoms with Crippen LogP contribution in [0.5, 0.6) is 5.75 Å². The van der Waals surface area contributed by atoms with Gasteiger partial charge >= 0.3 is 0 Å². The smallest absolute Gasteiger partial charge is 0.272 e. The van der Waals surface area contributed by atoms with E-state index in [4.69, 9.17) is 21.4 Å². The van der Waals surface area contributed by atoms with Gasteiger partial charge in [-0.2, -0.15) is 5.10 Å². The van der Waals surface area contributed by atoms with Crippen LogP contribution in [0.3, 0.4) is 0 Å². The molecule has 184 valence electrons. The zero-order chi connectivity index (χ0) is 24.5. The second-order valence-electron chi connectivity index (χ2n) is 11.6. The first-order valence-electron chi connectivity index (χ1n) is 13.0. The number of fused-ring (bicyclic) bond motifs is 5. The van der Waals surface area contributed by atoms with Crippen LogP contribution < -0.4 is 10.1 Å². The number of carbonyl (C=O) groups is 1. The molecule has 2 bridgehead atoms. The Kier molecular flexibility index (Phi) is 5.41. The minimum absolute atomic E-state index is 0.122. The average molecular weight is 492 g/mol. The molecular weight excluding hydrogens is 458 g/mol. The van der Waals surface area contributed by atoms with Gasteiger partial charge in [-0.15, -0.1) is 0 Å². The topological polar surface area (TPSA) is 56.1 Å². The number of benzene rings is 1. The number of nitrogens with zero attached hydrogens (tertiary/aromatic N) is 2. The van der Waals surface area contributed by atoms with Crippen molar-refractivity contribution in [1.29, 1.82) is 0 Å². The lowest BCUT2D eigenvalue weighted by atomic mass is 9.45. The number of aryl methyl sites for hydroxylation is 1. The Hall–Kier alpha value is -2.53. The van der Waals surface area contributed by atoms with E-state index in [0.717, 1.165) is 46.2 Å². The first-order valence-corrected chi connectivity index (χ1v) is 13.3. The SMILES string of the molecule is Cc1ccc2c(c1)OCc1c(C(=O)NCC3CCC4CC3C4(C)C)nn(C3=CCC(C)C=C3Cl)c1-2. The third kappa shape index (κ3) is 3.66. The molecule has 1 aromatic heterocycles. The summed E-state index contributed by atoms with van der Waals surface area (Å²) in [4.78, 5) is 13.5. The first kappa shape index (κ1) is 22.9. The average Bonchev–Trinajstić information content (AvgIpc) is 3.22. The molecule has 0 radical (unpaired) electrons. The van der Waals surface area contributed by atoms with E-state index in [-0.39, 0.29) is 5.91 Å². The number of carbonyl (C=O) groups excluding carboxylic acids is 1. The van der Waals surface area contributed by atoms with E-state index in [1.54, 1.807) is 0 Å². The van der Waals surface area contributed by atoms with Gasteiger partial charge in [0.15, 0.2) is 5.69 Å². The highest BCUT2D eigenvalue weighted by atomic mass is 35.5. The van der Waals surface area contributed by atoms with E-state index in [2.05, 4.69) is 57.3 Å². The lowest BCUT2D eigenvalue weighted by molar-refractivity contribution is -0.103. The van der Waals surface area contributed by atoms with E-state index >= 15 is 0 Å². The molecule has 4 aliphatic carbocycles. The number of halogens is 1. The molecule has 1 aromatic carbocycles. The number of hydrogen-bond acceptors (Lipinski definition) is 3. The largest absolute Gasteiger partial charge is 0.488 e. The van der Waals surface area contributed by atoms with Crippen molar-refractivity contribution >= 4 is 23.2 Å². The van der Waals surface area contributed by atoms with Gasteiger partial charge in [-0.05, 0) is 79.4 Å². The summed E-state index contributed by atoms with van der Waals surface area (Å²) in [6, 6.07) is 6.17. The van der Waals surface area contributed by atoms with Crippen LogP contribution in [0.15, 0.2) is 35.4 Å². The number of nitrogens with one attached hydrogen (secondary N) is 1. The zero-order valence-corrected chi connectivity index (χ0v) is 21.8. The van der Waals surface area contributed by atoms with Crippen LogP contribution in [0, 0.1) is 36.0 Å². The molecule has 4 unspecified atom stereocenters. The molecule has 0 spiro atoms.